The molecule has 0 amide bonds. The molecule has 1 rings (SSSR count). The van der Waals surface area contributed by atoms with Crippen LogP contribution < -0.4 is 4.74 Å². The molecule has 0 N–H and O–H groups in total. The summed E-state index contributed by atoms with van der Waals surface area (Å²) in [5.41, 5.74) is 0.443. The van der Waals surface area contributed by atoms with Crippen LogP contribution in [-0.2, 0) is 0 Å². The molecule has 0 aromatic carbocycles. The zero-order valence-corrected chi connectivity index (χ0v) is 11.2. The van der Waals surface area contributed by atoms with E-state index in [2.05, 4.69) is 11.9 Å². The SMILES string of the molecule is CCCCCCCCCOc1ccc(C=O)nc1. The summed E-state index contributed by atoms with van der Waals surface area (Å²) < 4.78 is 5.55. The Kier molecular flexibility index (Phi) is 7.85. The van der Waals surface area contributed by atoms with Crippen LogP contribution in [0.4, 0.5) is 0 Å². The van der Waals surface area contributed by atoms with E-state index in [1.807, 2.05) is 0 Å². The molecule has 0 saturated heterocycles. The maximum absolute atomic E-state index is 10.4. The van der Waals surface area contributed by atoms with Crippen molar-refractivity contribution in [2.75, 3.05) is 6.61 Å². The number of aldehydes is 1. The van der Waals surface area contributed by atoms with Crippen molar-refractivity contribution in [3.05, 3.63) is 24.0 Å². The molecule has 0 fully saturated rings. The Morgan fingerprint density at radius 3 is 2.44 bits per heavy atom. The van der Waals surface area contributed by atoms with Gasteiger partial charge in [-0.15, -0.1) is 0 Å². The third kappa shape index (κ3) is 6.38. The number of nitrogens with zero attached hydrogens (tertiary/aromatic N) is 1. The lowest BCUT2D eigenvalue weighted by molar-refractivity contribution is 0.111. The molecule has 0 aliphatic rings. The van der Waals surface area contributed by atoms with E-state index in [-0.39, 0.29) is 0 Å². The number of carbonyl (C=O) groups is 1. The summed E-state index contributed by atoms with van der Waals surface area (Å²) in [6.07, 6.45) is 11.3. The third-order valence-corrected chi connectivity index (χ3v) is 2.90. The monoisotopic (exact) mass is 249 g/mol. The molecule has 0 spiro atoms. The van der Waals surface area contributed by atoms with Crippen LogP contribution in [0.3, 0.4) is 0 Å². The van der Waals surface area contributed by atoms with Crippen LogP contribution in [0.25, 0.3) is 0 Å². The van der Waals surface area contributed by atoms with Crippen molar-refractivity contribution in [2.24, 2.45) is 0 Å². The highest BCUT2D eigenvalue weighted by Crippen LogP contribution is 2.10. The lowest BCUT2D eigenvalue weighted by Crippen LogP contribution is -1.98. The van der Waals surface area contributed by atoms with Gasteiger partial charge >= 0.3 is 0 Å². The molecule has 0 unspecified atom stereocenters. The average molecular weight is 249 g/mol. The van der Waals surface area contributed by atoms with E-state index in [1.165, 1.54) is 38.5 Å². The number of hydrogen-bond donors (Lipinski definition) is 0. The van der Waals surface area contributed by atoms with Gasteiger partial charge in [0.15, 0.2) is 6.29 Å². The van der Waals surface area contributed by atoms with Crippen molar-refractivity contribution >= 4 is 6.29 Å². The molecular weight excluding hydrogens is 226 g/mol. The highest BCUT2D eigenvalue weighted by molar-refractivity contribution is 5.71. The largest absolute Gasteiger partial charge is 0.492 e. The Bertz CT molecular complexity index is 322. The standard InChI is InChI=1S/C15H23NO2/c1-2-3-4-5-6-7-8-11-18-15-10-9-14(13-17)16-12-15/h9-10,12-13H,2-8,11H2,1H3. The van der Waals surface area contributed by atoms with Crippen molar-refractivity contribution in [3.63, 3.8) is 0 Å². The maximum atomic E-state index is 10.4. The fraction of sp³-hybridized carbons (Fsp3) is 0.600. The number of rotatable bonds is 10. The third-order valence-electron chi connectivity index (χ3n) is 2.90. The normalized spacial score (nSPS) is 10.3. The number of aromatic nitrogens is 1. The molecule has 0 aliphatic heterocycles. The Morgan fingerprint density at radius 1 is 1.11 bits per heavy atom. The summed E-state index contributed by atoms with van der Waals surface area (Å²) in [6.45, 7) is 2.97. The summed E-state index contributed by atoms with van der Waals surface area (Å²) >= 11 is 0. The smallest absolute Gasteiger partial charge is 0.168 e. The van der Waals surface area contributed by atoms with Gasteiger partial charge in [0, 0.05) is 0 Å². The molecule has 1 aromatic rings. The minimum Gasteiger partial charge on any atom is -0.492 e. The summed E-state index contributed by atoms with van der Waals surface area (Å²) in [7, 11) is 0. The fourth-order valence-corrected chi connectivity index (χ4v) is 1.80. The van der Waals surface area contributed by atoms with Crippen molar-refractivity contribution < 1.29 is 9.53 Å². The quantitative estimate of drug-likeness (QED) is 0.464. The van der Waals surface area contributed by atoms with Crippen molar-refractivity contribution in [3.8, 4) is 5.75 Å². The second-order valence-electron chi connectivity index (χ2n) is 4.51. The highest BCUT2D eigenvalue weighted by Gasteiger charge is 1.96. The number of hydrogen-bond acceptors (Lipinski definition) is 3. The summed E-state index contributed by atoms with van der Waals surface area (Å²) in [5, 5.41) is 0. The van der Waals surface area contributed by atoms with E-state index in [0.717, 1.165) is 25.1 Å². The second kappa shape index (κ2) is 9.63. The van der Waals surface area contributed by atoms with Crippen LogP contribution in [0.1, 0.15) is 62.4 Å². The first kappa shape index (κ1) is 14.7. The molecule has 3 heteroatoms. The molecule has 18 heavy (non-hydrogen) atoms. The molecule has 1 heterocycles. The topological polar surface area (TPSA) is 39.2 Å². The number of carbonyl (C=O) groups excluding carboxylic acids is 1. The second-order valence-corrected chi connectivity index (χ2v) is 4.51. The number of ether oxygens (including phenoxy) is 1. The predicted octanol–water partition coefficient (Wildman–Crippen LogP) is 4.02. The molecule has 0 saturated carbocycles. The van der Waals surface area contributed by atoms with Gasteiger partial charge in [-0.1, -0.05) is 45.4 Å². The maximum Gasteiger partial charge on any atom is 0.168 e. The molecule has 0 aliphatic carbocycles. The van der Waals surface area contributed by atoms with Gasteiger partial charge in [-0.25, -0.2) is 4.98 Å². The molecule has 1 aromatic heterocycles. The number of pyridine rings is 1. The molecule has 0 atom stereocenters. The summed E-state index contributed by atoms with van der Waals surface area (Å²) in [6, 6.07) is 3.46. The molecular formula is C15H23NO2. The van der Waals surface area contributed by atoms with Gasteiger partial charge in [-0.3, -0.25) is 4.79 Å². The van der Waals surface area contributed by atoms with E-state index in [0.29, 0.717) is 5.69 Å². The molecule has 0 bridgehead atoms. The summed E-state index contributed by atoms with van der Waals surface area (Å²) in [4.78, 5) is 14.4. The van der Waals surface area contributed by atoms with Crippen LogP contribution in [0.15, 0.2) is 18.3 Å². The van der Waals surface area contributed by atoms with Crippen LogP contribution in [0, 0.1) is 0 Å². The molecule has 100 valence electrons. The first-order chi connectivity index (χ1) is 8.86. The van der Waals surface area contributed by atoms with E-state index >= 15 is 0 Å². The predicted molar refractivity (Wildman–Crippen MR) is 73.1 cm³/mol. The van der Waals surface area contributed by atoms with Crippen molar-refractivity contribution in [1.82, 2.24) is 4.98 Å². The van der Waals surface area contributed by atoms with E-state index in [4.69, 9.17) is 4.74 Å². The Balaban J connectivity index is 2.01. The Morgan fingerprint density at radius 2 is 1.83 bits per heavy atom. The van der Waals surface area contributed by atoms with E-state index in [1.54, 1.807) is 18.3 Å². The minimum atomic E-state index is 0.443. The minimum absolute atomic E-state index is 0.443. The van der Waals surface area contributed by atoms with Gasteiger partial charge in [-0.2, -0.15) is 0 Å². The van der Waals surface area contributed by atoms with Gasteiger partial charge < -0.3 is 4.74 Å². The van der Waals surface area contributed by atoms with Gasteiger partial charge in [0.2, 0.25) is 0 Å². The Labute approximate surface area is 110 Å². The number of unbranched alkanes of at least 4 members (excludes halogenated alkanes) is 6. The van der Waals surface area contributed by atoms with Crippen LogP contribution >= 0.6 is 0 Å². The van der Waals surface area contributed by atoms with Gasteiger partial charge in [0.25, 0.3) is 0 Å². The lowest BCUT2D eigenvalue weighted by atomic mass is 10.1. The first-order valence-corrected chi connectivity index (χ1v) is 6.91. The fourth-order valence-electron chi connectivity index (χ4n) is 1.80. The lowest BCUT2D eigenvalue weighted by Gasteiger charge is -2.05. The van der Waals surface area contributed by atoms with Gasteiger partial charge in [-0.05, 0) is 18.6 Å². The Hall–Kier alpha value is -1.38. The average Bonchev–Trinajstić information content (AvgIpc) is 2.42. The van der Waals surface area contributed by atoms with E-state index in [9.17, 15) is 4.79 Å². The van der Waals surface area contributed by atoms with Crippen LogP contribution in [0.2, 0.25) is 0 Å². The van der Waals surface area contributed by atoms with Gasteiger partial charge in [0.05, 0.1) is 12.8 Å². The highest BCUT2D eigenvalue weighted by atomic mass is 16.5. The van der Waals surface area contributed by atoms with Gasteiger partial charge in [0.1, 0.15) is 11.4 Å². The van der Waals surface area contributed by atoms with Crippen LogP contribution in [0.5, 0.6) is 5.75 Å². The van der Waals surface area contributed by atoms with E-state index < -0.39 is 0 Å². The first-order valence-electron chi connectivity index (χ1n) is 6.91. The van der Waals surface area contributed by atoms with Crippen LogP contribution in [-0.4, -0.2) is 17.9 Å². The molecule has 3 nitrogen and oxygen atoms in total. The summed E-state index contributed by atoms with van der Waals surface area (Å²) in [5.74, 6) is 0.742. The molecule has 0 radical (unpaired) electrons. The van der Waals surface area contributed by atoms with Crippen molar-refractivity contribution in [1.29, 1.82) is 0 Å². The van der Waals surface area contributed by atoms with Crippen molar-refractivity contribution in [2.45, 2.75) is 51.9 Å². The zero-order chi connectivity index (χ0) is 13.1. The zero-order valence-electron chi connectivity index (χ0n) is 11.2.